The summed E-state index contributed by atoms with van der Waals surface area (Å²) in [6, 6.07) is 1.74. The lowest BCUT2D eigenvalue weighted by molar-refractivity contribution is -0.124. The molecule has 17 heavy (non-hydrogen) atoms. The zero-order chi connectivity index (χ0) is 12.8. The van der Waals surface area contributed by atoms with Gasteiger partial charge in [-0.25, -0.2) is 9.88 Å². The first-order valence-electron chi connectivity index (χ1n) is 5.32. The first kappa shape index (κ1) is 12.2. The number of hydrogen-bond donors (Lipinski definition) is 0. The van der Waals surface area contributed by atoms with Crippen molar-refractivity contribution < 1.29 is 9.59 Å². The van der Waals surface area contributed by atoms with Crippen LogP contribution in [0.1, 0.15) is 25.8 Å². The van der Waals surface area contributed by atoms with Crippen LogP contribution in [0.4, 0.5) is 5.82 Å². The molecule has 1 fully saturated rings. The van der Waals surface area contributed by atoms with E-state index in [9.17, 15) is 9.59 Å². The summed E-state index contributed by atoms with van der Waals surface area (Å²) < 4.78 is 0.861. The van der Waals surface area contributed by atoms with E-state index in [0.717, 1.165) is 10.0 Å². The number of hydrogen-bond acceptors (Lipinski definition) is 3. The molecule has 4 nitrogen and oxygen atoms in total. The highest BCUT2D eigenvalue weighted by molar-refractivity contribution is 9.10. The average molecular weight is 297 g/mol. The summed E-state index contributed by atoms with van der Waals surface area (Å²) in [6.07, 6.45) is 1.85. The van der Waals surface area contributed by atoms with Crippen LogP contribution in [0.15, 0.2) is 16.7 Å². The van der Waals surface area contributed by atoms with E-state index in [1.54, 1.807) is 26.1 Å². The summed E-state index contributed by atoms with van der Waals surface area (Å²) in [4.78, 5) is 29.2. The van der Waals surface area contributed by atoms with Crippen LogP contribution >= 0.6 is 15.9 Å². The molecule has 0 atom stereocenters. The number of carbonyl (C=O) groups excluding carboxylic acids is 2. The Morgan fingerprint density at radius 1 is 1.41 bits per heavy atom. The quantitative estimate of drug-likeness (QED) is 0.748. The summed E-state index contributed by atoms with van der Waals surface area (Å²) in [5.41, 5.74) is 0.319. The number of carbonyl (C=O) groups is 2. The van der Waals surface area contributed by atoms with Crippen molar-refractivity contribution in [2.75, 3.05) is 4.90 Å². The molecule has 1 saturated heterocycles. The number of amides is 2. The predicted octanol–water partition coefficient (Wildman–Crippen LogP) is 2.44. The number of imide groups is 1. The molecule has 2 heterocycles. The van der Waals surface area contributed by atoms with E-state index in [0.29, 0.717) is 5.82 Å². The fraction of sp³-hybridized carbons (Fsp3) is 0.417. The zero-order valence-corrected chi connectivity index (χ0v) is 11.5. The lowest BCUT2D eigenvalue weighted by atomic mass is 9.92. The van der Waals surface area contributed by atoms with Crippen LogP contribution in [0, 0.1) is 12.3 Å². The SMILES string of the molecule is Cc1cc(N2C(=O)CC(C)(C)C2=O)ncc1Br. The lowest BCUT2D eigenvalue weighted by Crippen LogP contribution is -2.33. The molecule has 1 aliphatic rings. The third-order valence-corrected chi connectivity index (χ3v) is 3.72. The minimum Gasteiger partial charge on any atom is -0.274 e. The van der Waals surface area contributed by atoms with Crippen LogP contribution in [0.2, 0.25) is 0 Å². The number of aryl methyl sites for hydroxylation is 1. The van der Waals surface area contributed by atoms with Gasteiger partial charge in [0.2, 0.25) is 11.8 Å². The van der Waals surface area contributed by atoms with E-state index in [1.807, 2.05) is 6.92 Å². The average Bonchev–Trinajstić information content (AvgIpc) is 2.42. The van der Waals surface area contributed by atoms with Crippen LogP contribution in [0.3, 0.4) is 0 Å². The number of nitrogens with zero attached hydrogens (tertiary/aromatic N) is 2. The van der Waals surface area contributed by atoms with E-state index in [1.165, 1.54) is 4.90 Å². The Bertz CT molecular complexity index is 511. The first-order chi connectivity index (χ1) is 7.83. The van der Waals surface area contributed by atoms with Crippen LogP contribution in [-0.2, 0) is 9.59 Å². The van der Waals surface area contributed by atoms with Crippen molar-refractivity contribution in [1.82, 2.24) is 4.98 Å². The molecule has 5 heteroatoms. The van der Waals surface area contributed by atoms with Crippen molar-refractivity contribution >= 4 is 33.6 Å². The Kier molecular flexibility index (Phi) is 2.81. The first-order valence-corrected chi connectivity index (χ1v) is 6.12. The molecule has 90 valence electrons. The van der Waals surface area contributed by atoms with Crippen molar-refractivity contribution in [2.45, 2.75) is 27.2 Å². The summed E-state index contributed by atoms with van der Waals surface area (Å²) in [5.74, 6) is 0.0391. The highest BCUT2D eigenvalue weighted by Crippen LogP contribution is 2.34. The molecule has 2 rings (SSSR count). The Balaban J connectivity index is 2.44. The van der Waals surface area contributed by atoms with Crippen LogP contribution in [-0.4, -0.2) is 16.8 Å². The van der Waals surface area contributed by atoms with Gasteiger partial charge in [0.05, 0.1) is 5.41 Å². The van der Waals surface area contributed by atoms with Gasteiger partial charge in [-0.1, -0.05) is 13.8 Å². The van der Waals surface area contributed by atoms with Gasteiger partial charge >= 0.3 is 0 Å². The van der Waals surface area contributed by atoms with Gasteiger partial charge < -0.3 is 0 Å². The lowest BCUT2D eigenvalue weighted by Gasteiger charge is -2.17. The molecule has 1 aliphatic heterocycles. The Hall–Kier alpha value is -1.23. The van der Waals surface area contributed by atoms with Crippen molar-refractivity contribution in [3.8, 4) is 0 Å². The van der Waals surface area contributed by atoms with Gasteiger partial charge in [0.15, 0.2) is 0 Å². The maximum absolute atomic E-state index is 12.1. The largest absolute Gasteiger partial charge is 0.274 e. The summed E-state index contributed by atoms with van der Waals surface area (Å²) in [5, 5.41) is 0. The second kappa shape index (κ2) is 3.91. The molecule has 0 spiro atoms. The van der Waals surface area contributed by atoms with E-state index in [4.69, 9.17) is 0 Å². The zero-order valence-electron chi connectivity index (χ0n) is 9.95. The molecular formula is C12H13BrN2O2. The van der Waals surface area contributed by atoms with Gasteiger partial charge in [-0.15, -0.1) is 0 Å². The van der Waals surface area contributed by atoms with Crippen LogP contribution in [0.25, 0.3) is 0 Å². The Morgan fingerprint density at radius 2 is 2.06 bits per heavy atom. The maximum atomic E-state index is 12.1. The highest BCUT2D eigenvalue weighted by Gasteiger charge is 2.46. The van der Waals surface area contributed by atoms with Gasteiger partial charge in [0, 0.05) is 17.1 Å². The second-order valence-corrected chi connectivity index (χ2v) is 5.74. The van der Waals surface area contributed by atoms with E-state index in [-0.39, 0.29) is 18.2 Å². The molecule has 0 aliphatic carbocycles. The number of rotatable bonds is 1. The third-order valence-electron chi connectivity index (χ3n) is 2.89. The minimum atomic E-state index is -0.625. The topological polar surface area (TPSA) is 50.3 Å². The molecule has 0 unspecified atom stereocenters. The smallest absolute Gasteiger partial charge is 0.241 e. The van der Waals surface area contributed by atoms with Crippen molar-refractivity contribution in [1.29, 1.82) is 0 Å². The molecule has 2 amide bonds. The van der Waals surface area contributed by atoms with Gasteiger partial charge in [-0.2, -0.15) is 0 Å². The van der Waals surface area contributed by atoms with Gasteiger partial charge in [-0.3, -0.25) is 9.59 Å². The third kappa shape index (κ3) is 1.99. The molecule has 0 saturated carbocycles. The monoisotopic (exact) mass is 296 g/mol. The second-order valence-electron chi connectivity index (χ2n) is 4.89. The summed E-state index contributed by atoms with van der Waals surface area (Å²) in [6.45, 7) is 5.45. The normalized spacial score (nSPS) is 18.9. The van der Waals surface area contributed by atoms with Crippen molar-refractivity contribution in [3.05, 3.63) is 22.3 Å². The molecular weight excluding hydrogens is 284 g/mol. The van der Waals surface area contributed by atoms with E-state index >= 15 is 0 Å². The van der Waals surface area contributed by atoms with Crippen molar-refractivity contribution in [2.24, 2.45) is 5.41 Å². The van der Waals surface area contributed by atoms with Gasteiger partial charge in [-0.05, 0) is 34.5 Å². The molecule has 0 N–H and O–H groups in total. The Labute approximate surface area is 108 Å². The molecule has 0 aromatic carbocycles. The number of halogens is 1. The highest BCUT2D eigenvalue weighted by atomic mass is 79.9. The summed E-state index contributed by atoms with van der Waals surface area (Å²) in [7, 11) is 0. The Morgan fingerprint density at radius 3 is 2.53 bits per heavy atom. The van der Waals surface area contributed by atoms with Crippen molar-refractivity contribution in [3.63, 3.8) is 0 Å². The molecule has 1 aromatic rings. The minimum absolute atomic E-state index is 0.184. The van der Waals surface area contributed by atoms with E-state index < -0.39 is 5.41 Å². The molecule has 1 aromatic heterocycles. The maximum Gasteiger partial charge on any atom is 0.241 e. The fourth-order valence-corrected chi connectivity index (χ4v) is 2.04. The fourth-order valence-electron chi connectivity index (χ4n) is 1.83. The molecule has 0 radical (unpaired) electrons. The van der Waals surface area contributed by atoms with Gasteiger partial charge in [0.1, 0.15) is 5.82 Å². The van der Waals surface area contributed by atoms with Crippen LogP contribution in [0.5, 0.6) is 0 Å². The number of aromatic nitrogens is 1. The van der Waals surface area contributed by atoms with E-state index in [2.05, 4.69) is 20.9 Å². The standard InChI is InChI=1S/C12H13BrN2O2/c1-7-4-9(14-6-8(7)13)15-10(16)5-12(2,3)11(15)17/h4,6H,5H2,1-3H3. The molecule has 0 bridgehead atoms. The number of anilines is 1. The predicted molar refractivity (Wildman–Crippen MR) is 67.6 cm³/mol. The van der Waals surface area contributed by atoms with Crippen LogP contribution < -0.4 is 4.90 Å². The number of pyridine rings is 1. The van der Waals surface area contributed by atoms with Gasteiger partial charge in [0.25, 0.3) is 0 Å². The summed E-state index contributed by atoms with van der Waals surface area (Å²) >= 11 is 3.34.